The van der Waals surface area contributed by atoms with Crippen molar-refractivity contribution in [2.45, 2.75) is 0 Å². The summed E-state index contributed by atoms with van der Waals surface area (Å²) < 4.78 is 0. The van der Waals surface area contributed by atoms with E-state index in [1.807, 2.05) is 0 Å². The SMILES string of the molecule is O=[N+]([O-])[O-].[Cr+2].[OH-]. The van der Waals surface area contributed by atoms with Crippen LogP contribution in [0.15, 0.2) is 0 Å². The van der Waals surface area contributed by atoms with Crippen molar-refractivity contribution in [1.29, 1.82) is 0 Å². The van der Waals surface area contributed by atoms with E-state index in [2.05, 4.69) is 0 Å². The Kier molecular flexibility index (Phi) is 25.4. The molecule has 0 bridgehead atoms. The molecule has 0 saturated carbocycles. The van der Waals surface area contributed by atoms with E-state index in [-0.39, 0.29) is 22.8 Å². The van der Waals surface area contributed by atoms with E-state index in [4.69, 9.17) is 15.3 Å². The average molecular weight is 131 g/mol. The fourth-order valence-corrected chi connectivity index (χ4v) is 0. The maximum Gasteiger partial charge on any atom is 2.00 e. The summed E-state index contributed by atoms with van der Waals surface area (Å²) in [5, 5.41) is 14.8. The first-order chi connectivity index (χ1) is 1.73. The van der Waals surface area contributed by atoms with Gasteiger partial charge in [0, 0.05) is 0 Å². The van der Waals surface area contributed by atoms with Crippen LogP contribution in [0.2, 0.25) is 0 Å². The Bertz CT molecular complexity index is 30.5. The Morgan fingerprint density at radius 2 is 1.33 bits per heavy atom. The summed E-state index contributed by atoms with van der Waals surface area (Å²) in [5.74, 6) is 0. The molecule has 0 amide bonds. The van der Waals surface area contributed by atoms with Crippen LogP contribution in [-0.4, -0.2) is 10.6 Å². The molecular formula is HCrNO4. The fraction of sp³-hybridized carbons (Fsp3) is 0. The zero-order valence-corrected chi connectivity index (χ0v) is 3.80. The van der Waals surface area contributed by atoms with E-state index < -0.39 is 5.09 Å². The molecule has 0 aliphatic rings. The zero-order chi connectivity index (χ0) is 3.58. The Balaban J connectivity index is -0.0000000450. The first-order valence-electron chi connectivity index (χ1n) is 0.548. The summed E-state index contributed by atoms with van der Waals surface area (Å²) >= 11 is 0. The minimum Gasteiger partial charge on any atom is -0.870 e. The molecule has 0 radical (unpaired) electrons. The molecule has 0 heterocycles. The molecule has 0 aliphatic carbocycles. The van der Waals surface area contributed by atoms with Gasteiger partial charge in [0.05, 0.1) is 5.09 Å². The topological polar surface area (TPSA) is 96.2 Å². The molecule has 0 aromatic carbocycles. The van der Waals surface area contributed by atoms with Gasteiger partial charge in [-0.2, -0.15) is 0 Å². The molecule has 0 unspecified atom stereocenters. The van der Waals surface area contributed by atoms with Crippen molar-refractivity contribution in [1.82, 2.24) is 0 Å². The Morgan fingerprint density at radius 1 is 1.33 bits per heavy atom. The Labute approximate surface area is 44.1 Å². The molecule has 6 heteroatoms. The molecule has 0 rings (SSSR count). The summed E-state index contributed by atoms with van der Waals surface area (Å²) in [7, 11) is 0. The molecular weight excluding hydrogens is 130 g/mol. The van der Waals surface area contributed by atoms with Gasteiger partial charge in [-0.05, 0) is 0 Å². The summed E-state index contributed by atoms with van der Waals surface area (Å²) in [6, 6.07) is 0. The molecule has 1 N–H and O–H groups in total. The van der Waals surface area contributed by atoms with Crippen molar-refractivity contribution in [3.05, 3.63) is 15.3 Å². The predicted molar refractivity (Wildman–Crippen MR) is 12.3 cm³/mol. The number of rotatable bonds is 0. The van der Waals surface area contributed by atoms with Crippen LogP contribution in [0.25, 0.3) is 0 Å². The van der Waals surface area contributed by atoms with Gasteiger partial charge < -0.3 is 20.8 Å². The van der Waals surface area contributed by atoms with Crippen LogP contribution in [0.5, 0.6) is 0 Å². The van der Waals surface area contributed by atoms with Gasteiger partial charge in [-0.1, -0.05) is 0 Å². The molecule has 0 fully saturated rings. The quantitative estimate of drug-likeness (QED) is 0.329. The van der Waals surface area contributed by atoms with Crippen LogP contribution in [0, 0.1) is 15.3 Å². The summed E-state index contributed by atoms with van der Waals surface area (Å²) in [5.41, 5.74) is 0. The van der Waals surface area contributed by atoms with E-state index >= 15 is 0 Å². The van der Waals surface area contributed by atoms with E-state index in [0.29, 0.717) is 0 Å². The van der Waals surface area contributed by atoms with E-state index in [1.54, 1.807) is 0 Å². The first-order valence-corrected chi connectivity index (χ1v) is 0.548. The molecule has 6 heavy (non-hydrogen) atoms. The van der Waals surface area contributed by atoms with Crippen LogP contribution < -0.4 is 0 Å². The molecule has 36 valence electrons. The monoisotopic (exact) mass is 131 g/mol. The van der Waals surface area contributed by atoms with Gasteiger partial charge in [0.2, 0.25) is 0 Å². The van der Waals surface area contributed by atoms with Crippen molar-refractivity contribution in [3.63, 3.8) is 0 Å². The van der Waals surface area contributed by atoms with Crippen molar-refractivity contribution in [2.24, 2.45) is 0 Å². The Hall–Kier alpha value is -0.308. The van der Waals surface area contributed by atoms with Gasteiger partial charge in [0.25, 0.3) is 0 Å². The summed E-state index contributed by atoms with van der Waals surface area (Å²) in [6.07, 6.45) is 0. The molecule has 0 atom stereocenters. The standard InChI is InChI=1S/Cr.NO3.H2O/c;2-1(3)4;/h;;1H2/q+2;-1;/p-1. The number of hydrogen-bond donors (Lipinski definition) is 0. The molecule has 0 saturated heterocycles. The molecule has 0 aromatic heterocycles. The molecule has 0 aliphatic heterocycles. The van der Waals surface area contributed by atoms with Crippen LogP contribution >= 0.6 is 0 Å². The maximum absolute atomic E-state index is 8.25. The van der Waals surface area contributed by atoms with Crippen molar-refractivity contribution in [3.8, 4) is 0 Å². The van der Waals surface area contributed by atoms with Gasteiger partial charge in [0.15, 0.2) is 0 Å². The second kappa shape index (κ2) is 8.83. The summed E-state index contributed by atoms with van der Waals surface area (Å²) in [6.45, 7) is 0. The summed E-state index contributed by atoms with van der Waals surface area (Å²) in [4.78, 5) is 8.25. The minimum absolute atomic E-state index is 0. The predicted octanol–water partition coefficient (Wildman–Crippen LogP) is -0.418. The number of hydrogen-bond acceptors (Lipinski definition) is 4. The fourth-order valence-electron chi connectivity index (χ4n) is 0. The van der Waals surface area contributed by atoms with Gasteiger partial charge in [-0.25, -0.2) is 0 Å². The third-order valence-corrected chi connectivity index (χ3v) is 0. The van der Waals surface area contributed by atoms with Gasteiger partial charge in [-0.3, -0.25) is 0 Å². The average Bonchev–Trinajstić information content (AvgIpc) is 0.811. The maximum atomic E-state index is 8.25. The molecule has 5 nitrogen and oxygen atoms in total. The zero-order valence-electron chi connectivity index (χ0n) is 2.53. The molecule has 0 spiro atoms. The smallest absolute Gasteiger partial charge is 0.870 e. The second-order valence-corrected chi connectivity index (χ2v) is 0.224. The normalized spacial score (nSPS) is 4.00. The number of nitrogens with zero attached hydrogens (tertiary/aromatic N) is 1. The van der Waals surface area contributed by atoms with Crippen LogP contribution in [-0.2, 0) is 17.4 Å². The van der Waals surface area contributed by atoms with Gasteiger partial charge in [-0.15, -0.1) is 0 Å². The molecule has 0 aromatic rings. The third kappa shape index (κ3) is 283. The first kappa shape index (κ1) is 17.3. The Morgan fingerprint density at radius 3 is 1.33 bits per heavy atom. The van der Waals surface area contributed by atoms with Crippen molar-refractivity contribution in [2.75, 3.05) is 0 Å². The van der Waals surface area contributed by atoms with Crippen molar-refractivity contribution >= 4 is 0 Å². The third-order valence-electron chi connectivity index (χ3n) is 0. The van der Waals surface area contributed by atoms with Gasteiger partial charge >= 0.3 is 17.4 Å². The van der Waals surface area contributed by atoms with E-state index in [1.165, 1.54) is 0 Å². The van der Waals surface area contributed by atoms with Crippen LogP contribution in [0.1, 0.15) is 0 Å². The van der Waals surface area contributed by atoms with Crippen LogP contribution in [0.3, 0.4) is 0 Å². The van der Waals surface area contributed by atoms with Gasteiger partial charge in [0.1, 0.15) is 0 Å². The van der Waals surface area contributed by atoms with E-state index in [9.17, 15) is 0 Å². The minimum atomic E-state index is -1.75. The van der Waals surface area contributed by atoms with Crippen molar-refractivity contribution < 1.29 is 27.9 Å². The second-order valence-electron chi connectivity index (χ2n) is 0.224. The largest absolute Gasteiger partial charge is 2.00 e. The van der Waals surface area contributed by atoms with E-state index in [0.717, 1.165) is 0 Å². The van der Waals surface area contributed by atoms with Crippen LogP contribution in [0.4, 0.5) is 0 Å².